The molecule has 1 amide bonds. The van der Waals surface area contributed by atoms with E-state index in [4.69, 9.17) is 9.51 Å². The molecule has 0 N–H and O–H groups in total. The van der Waals surface area contributed by atoms with Gasteiger partial charge in [-0.2, -0.15) is 0 Å². The maximum absolute atomic E-state index is 12.9. The predicted octanol–water partition coefficient (Wildman–Crippen LogP) is 3.50. The number of aromatic nitrogens is 2. The van der Waals surface area contributed by atoms with Gasteiger partial charge in [-0.3, -0.25) is 9.69 Å². The summed E-state index contributed by atoms with van der Waals surface area (Å²) in [6, 6.07) is 5.78. The molecule has 0 atom stereocenters. The second-order valence-electron chi connectivity index (χ2n) is 6.42. The van der Waals surface area contributed by atoms with Gasteiger partial charge in [-0.25, -0.2) is 4.98 Å². The zero-order valence-electron chi connectivity index (χ0n) is 14.9. The van der Waals surface area contributed by atoms with E-state index >= 15 is 0 Å². The highest BCUT2D eigenvalue weighted by Crippen LogP contribution is 2.32. The molecular formula is C18H22N4O2S. The van der Waals surface area contributed by atoms with E-state index in [0.29, 0.717) is 11.7 Å². The minimum absolute atomic E-state index is 0.204. The van der Waals surface area contributed by atoms with Crippen molar-refractivity contribution in [3.63, 3.8) is 0 Å². The minimum Gasteiger partial charge on any atom is -0.351 e. The lowest BCUT2D eigenvalue weighted by molar-refractivity contribution is 0.0950. The lowest BCUT2D eigenvalue weighted by Gasteiger charge is -2.19. The van der Waals surface area contributed by atoms with Crippen molar-refractivity contribution in [3.05, 3.63) is 41.3 Å². The third-order valence-corrected chi connectivity index (χ3v) is 5.15. The zero-order chi connectivity index (χ0) is 18.0. The van der Waals surface area contributed by atoms with Gasteiger partial charge in [0.05, 0.1) is 16.4 Å². The average molecular weight is 358 g/mol. The number of aryl methyl sites for hydroxylation is 2. The number of rotatable bonds is 6. The molecule has 0 bridgehead atoms. The highest BCUT2D eigenvalue weighted by Gasteiger charge is 2.24. The molecule has 0 aliphatic rings. The maximum atomic E-state index is 12.9. The van der Waals surface area contributed by atoms with Crippen LogP contribution in [0.5, 0.6) is 0 Å². The van der Waals surface area contributed by atoms with E-state index in [0.717, 1.165) is 23.2 Å². The van der Waals surface area contributed by atoms with Crippen molar-refractivity contribution in [1.29, 1.82) is 0 Å². The van der Waals surface area contributed by atoms with Crippen LogP contribution in [0.15, 0.2) is 28.9 Å². The Morgan fingerprint density at radius 2 is 2.04 bits per heavy atom. The fourth-order valence-electron chi connectivity index (χ4n) is 2.77. The Bertz CT molecular complexity index is 871. The molecule has 1 aromatic carbocycles. The normalized spacial score (nSPS) is 11.4. The average Bonchev–Trinajstić information content (AvgIpc) is 3.20. The second-order valence-corrected chi connectivity index (χ2v) is 7.39. The van der Waals surface area contributed by atoms with E-state index in [1.165, 1.54) is 17.3 Å². The molecule has 132 valence electrons. The van der Waals surface area contributed by atoms with Gasteiger partial charge in [0.2, 0.25) is 5.76 Å². The Morgan fingerprint density at radius 3 is 2.72 bits per heavy atom. The molecule has 2 heterocycles. The molecule has 0 radical (unpaired) electrons. The summed E-state index contributed by atoms with van der Waals surface area (Å²) >= 11 is 1.54. The van der Waals surface area contributed by atoms with E-state index in [-0.39, 0.29) is 11.7 Å². The number of thiazole rings is 1. The number of anilines is 1. The lowest BCUT2D eigenvalue weighted by Crippen LogP contribution is -2.33. The van der Waals surface area contributed by atoms with Gasteiger partial charge in [-0.15, -0.1) is 0 Å². The van der Waals surface area contributed by atoms with E-state index in [1.54, 1.807) is 22.3 Å². The number of benzene rings is 1. The number of amides is 1. The Kier molecular flexibility index (Phi) is 5.15. The highest BCUT2D eigenvalue weighted by atomic mass is 32.1. The smallest absolute Gasteiger partial charge is 0.298 e. The molecule has 7 heteroatoms. The summed E-state index contributed by atoms with van der Waals surface area (Å²) in [7, 11) is 4.04. The molecule has 0 unspecified atom stereocenters. The summed E-state index contributed by atoms with van der Waals surface area (Å²) in [4.78, 5) is 21.4. The lowest BCUT2D eigenvalue weighted by atomic mass is 10.1. The summed E-state index contributed by atoms with van der Waals surface area (Å²) in [5, 5.41) is 4.35. The first kappa shape index (κ1) is 17.6. The first-order valence-electron chi connectivity index (χ1n) is 8.21. The summed E-state index contributed by atoms with van der Waals surface area (Å²) in [6.07, 6.45) is 2.33. The first-order chi connectivity index (χ1) is 12.0. The highest BCUT2D eigenvalue weighted by molar-refractivity contribution is 7.22. The molecule has 3 rings (SSSR count). The van der Waals surface area contributed by atoms with Gasteiger partial charge in [0.15, 0.2) is 5.13 Å². The van der Waals surface area contributed by atoms with Crippen molar-refractivity contribution in [2.45, 2.75) is 20.3 Å². The number of nitrogens with zero attached hydrogens (tertiary/aromatic N) is 4. The largest absolute Gasteiger partial charge is 0.351 e. The van der Waals surface area contributed by atoms with Crippen molar-refractivity contribution in [3.8, 4) is 0 Å². The molecular weight excluding hydrogens is 336 g/mol. The standard InChI is InChI=1S/C18H22N4O2S/c1-12-10-13(2)16-14(11-12)20-18(25-16)22(9-5-8-21(3)4)17(23)15-6-7-19-24-15/h6-7,10-11H,5,8-9H2,1-4H3. The van der Waals surface area contributed by atoms with Crippen molar-refractivity contribution < 1.29 is 9.32 Å². The number of hydrogen-bond donors (Lipinski definition) is 0. The van der Waals surface area contributed by atoms with Crippen LogP contribution in [0.4, 0.5) is 5.13 Å². The van der Waals surface area contributed by atoms with Gasteiger partial charge in [-0.05, 0) is 58.1 Å². The molecule has 2 aromatic heterocycles. The Balaban J connectivity index is 1.95. The Labute approximate surface area is 151 Å². The molecule has 0 fully saturated rings. The quantitative estimate of drug-likeness (QED) is 0.675. The van der Waals surface area contributed by atoms with E-state index in [2.05, 4.69) is 36.0 Å². The van der Waals surface area contributed by atoms with Crippen LogP contribution in [-0.4, -0.2) is 48.1 Å². The molecule has 0 saturated carbocycles. The van der Waals surface area contributed by atoms with Crippen LogP contribution in [0.3, 0.4) is 0 Å². The second kappa shape index (κ2) is 7.33. The van der Waals surface area contributed by atoms with E-state index in [1.807, 2.05) is 14.1 Å². The zero-order valence-corrected chi connectivity index (χ0v) is 15.8. The molecule has 0 saturated heterocycles. The van der Waals surface area contributed by atoms with Crippen LogP contribution in [0, 0.1) is 13.8 Å². The van der Waals surface area contributed by atoms with Gasteiger partial charge < -0.3 is 9.42 Å². The Hall–Kier alpha value is -2.25. The van der Waals surface area contributed by atoms with Gasteiger partial charge in [0.25, 0.3) is 5.91 Å². The van der Waals surface area contributed by atoms with E-state index < -0.39 is 0 Å². The van der Waals surface area contributed by atoms with Gasteiger partial charge in [-0.1, -0.05) is 22.6 Å². The van der Waals surface area contributed by atoms with Crippen LogP contribution in [0.25, 0.3) is 10.2 Å². The minimum atomic E-state index is -0.204. The number of fused-ring (bicyclic) bond motifs is 1. The van der Waals surface area contributed by atoms with Gasteiger partial charge in [0.1, 0.15) is 0 Å². The molecule has 0 aliphatic carbocycles. The molecule has 0 aliphatic heterocycles. The monoisotopic (exact) mass is 358 g/mol. The van der Waals surface area contributed by atoms with Crippen molar-refractivity contribution in [2.75, 3.05) is 32.1 Å². The van der Waals surface area contributed by atoms with Crippen molar-refractivity contribution >= 4 is 32.6 Å². The van der Waals surface area contributed by atoms with Crippen molar-refractivity contribution in [1.82, 2.24) is 15.0 Å². The third kappa shape index (κ3) is 3.88. The summed E-state index contributed by atoms with van der Waals surface area (Å²) in [6.45, 7) is 5.60. The fourth-order valence-corrected chi connectivity index (χ4v) is 3.81. The number of hydrogen-bond acceptors (Lipinski definition) is 6. The van der Waals surface area contributed by atoms with Crippen LogP contribution in [0.2, 0.25) is 0 Å². The predicted molar refractivity (Wildman–Crippen MR) is 100 cm³/mol. The fraction of sp³-hybridized carbons (Fsp3) is 0.389. The summed E-state index contributed by atoms with van der Waals surface area (Å²) in [5.41, 5.74) is 3.28. The third-order valence-electron chi connectivity index (χ3n) is 3.92. The van der Waals surface area contributed by atoms with Crippen LogP contribution < -0.4 is 4.90 Å². The SMILES string of the molecule is Cc1cc(C)c2sc(N(CCCN(C)C)C(=O)c3ccno3)nc2c1. The summed E-state index contributed by atoms with van der Waals surface area (Å²) < 4.78 is 6.18. The maximum Gasteiger partial charge on any atom is 0.298 e. The summed E-state index contributed by atoms with van der Waals surface area (Å²) in [5.74, 6) is 0.0294. The molecule has 6 nitrogen and oxygen atoms in total. The van der Waals surface area contributed by atoms with Crippen molar-refractivity contribution in [2.24, 2.45) is 0 Å². The number of carbonyl (C=O) groups is 1. The Morgan fingerprint density at radius 1 is 1.24 bits per heavy atom. The van der Waals surface area contributed by atoms with Gasteiger partial charge >= 0.3 is 0 Å². The van der Waals surface area contributed by atoms with Crippen LogP contribution in [-0.2, 0) is 0 Å². The number of carbonyl (C=O) groups excluding carboxylic acids is 1. The molecule has 3 aromatic rings. The molecule has 0 spiro atoms. The van der Waals surface area contributed by atoms with Crippen LogP contribution in [0.1, 0.15) is 28.1 Å². The molecule has 25 heavy (non-hydrogen) atoms. The van der Waals surface area contributed by atoms with Gasteiger partial charge in [0, 0.05) is 12.6 Å². The van der Waals surface area contributed by atoms with Crippen LogP contribution >= 0.6 is 11.3 Å². The first-order valence-corrected chi connectivity index (χ1v) is 9.02. The topological polar surface area (TPSA) is 62.5 Å². The van der Waals surface area contributed by atoms with E-state index in [9.17, 15) is 4.79 Å².